The number of amides is 1. The number of carbonyl (C=O) groups excluding carboxylic acids is 1. The van der Waals surface area contributed by atoms with Crippen LogP contribution in [0.15, 0.2) is 59.6 Å². The Morgan fingerprint density at radius 1 is 1.18 bits per heavy atom. The monoisotopic (exact) mass is 484 g/mol. The zero-order chi connectivity index (χ0) is 23.4. The van der Waals surface area contributed by atoms with Crippen molar-refractivity contribution in [2.75, 3.05) is 18.4 Å². The summed E-state index contributed by atoms with van der Waals surface area (Å²) >= 11 is 1.36. The molecule has 1 aromatic heterocycles. The highest BCUT2D eigenvalue weighted by Gasteiger charge is 2.33. The van der Waals surface area contributed by atoms with E-state index in [9.17, 15) is 22.9 Å². The number of rotatable bonds is 6. The van der Waals surface area contributed by atoms with E-state index in [0.29, 0.717) is 24.4 Å². The first-order chi connectivity index (χ1) is 15.9. The van der Waals surface area contributed by atoms with Gasteiger partial charge in [0.2, 0.25) is 15.9 Å². The number of hydrogen-bond acceptors (Lipinski definition) is 6. The molecular formula is C23H21FN4O3S2. The van der Waals surface area contributed by atoms with Gasteiger partial charge in [0.05, 0.1) is 10.5 Å². The lowest BCUT2D eigenvalue weighted by Gasteiger charge is -2.30. The third-order valence-corrected chi connectivity index (χ3v) is 8.39. The van der Waals surface area contributed by atoms with Crippen LogP contribution >= 0.6 is 11.3 Å². The van der Waals surface area contributed by atoms with Crippen molar-refractivity contribution in [3.63, 3.8) is 0 Å². The van der Waals surface area contributed by atoms with Crippen LogP contribution in [0.5, 0.6) is 0 Å². The maximum Gasteiger partial charge on any atom is 0.244 e. The fourth-order valence-electron chi connectivity index (χ4n) is 3.74. The van der Waals surface area contributed by atoms with Gasteiger partial charge in [-0.25, -0.2) is 17.8 Å². The standard InChI is InChI=1S/C23H21FN4O3S2/c24-19-7-5-16(6-8-19)13-20-15-26-23(32-20)27-22(29)17-9-11-28(12-10-17)33(30,31)21-4-2-1-3-18(21)14-25/h1-8,15,17H,9-13H2,(H,26,27,29). The maximum atomic E-state index is 13.1. The molecule has 0 unspecified atom stereocenters. The molecule has 1 saturated heterocycles. The number of halogens is 1. The third-order valence-electron chi connectivity index (χ3n) is 5.53. The van der Waals surface area contributed by atoms with Gasteiger partial charge in [-0.15, -0.1) is 11.3 Å². The Labute approximate surface area is 195 Å². The number of carbonyl (C=O) groups is 1. The molecule has 2 aromatic carbocycles. The largest absolute Gasteiger partial charge is 0.302 e. The third kappa shape index (κ3) is 5.27. The summed E-state index contributed by atoms with van der Waals surface area (Å²) in [5, 5.41) is 12.5. The molecule has 7 nitrogen and oxygen atoms in total. The second-order valence-electron chi connectivity index (χ2n) is 7.71. The molecule has 170 valence electrons. The highest BCUT2D eigenvalue weighted by atomic mass is 32.2. The van der Waals surface area contributed by atoms with Gasteiger partial charge >= 0.3 is 0 Å². The Morgan fingerprint density at radius 2 is 1.88 bits per heavy atom. The predicted octanol–water partition coefficient (Wildman–Crippen LogP) is 3.78. The van der Waals surface area contributed by atoms with Gasteiger partial charge in [0, 0.05) is 36.5 Å². The first-order valence-electron chi connectivity index (χ1n) is 10.4. The minimum atomic E-state index is -3.80. The van der Waals surface area contributed by atoms with Gasteiger partial charge in [-0.2, -0.15) is 9.57 Å². The van der Waals surface area contributed by atoms with Crippen LogP contribution in [-0.2, 0) is 21.2 Å². The Hall–Kier alpha value is -3.13. The molecule has 0 bridgehead atoms. The van der Waals surface area contributed by atoms with E-state index >= 15 is 0 Å². The number of nitriles is 1. The Balaban J connectivity index is 1.34. The smallest absolute Gasteiger partial charge is 0.244 e. The molecule has 0 radical (unpaired) electrons. The molecule has 2 heterocycles. The molecule has 3 aromatic rings. The number of anilines is 1. The quantitative estimate of drug-likeness (QED) is 0.574. The average Bonchev–Trinajstić information content (AvgIpc) is 3.27. The van der Waals surface area contributed by atoms with Crippen LogP contribution in [0.4, 0.5) is 9.52 Å². The zero-order valence-corrected chi connectivity index (χ0v) is 19.2. The number of thiazole rings is 1. The summed E-state index contributed by atoms with van der Waals surface area (Å²) in [6.45, 7) is 0.405. The molecule has 1 aliphatic heterocycles. The SMILES string of the molecule is N#Cc1ccccc1S(=O)(=O)N1CCC(C(=O)Nc2ncc(Cc3ccc(F)cc3)s2)CC1. The van der Waals surface area contributed by atoms with E-state index in [1.54, 1.807) is 30.5 Å². The normalized spacial score (nSPS) is 15.2. The van der Waals surface area contributed by atoms with Crippen LogP contribution in [0.2, 0.25) is 0 Å². The molecule has 33 heavy (non-hydrogen) atoms. The first kappa shape index (κ1) is 23.0. The van der Waals surface area contributed by atoms with Crippen molar-refractivity contribution >= 4 is 32.4 Å². The number of benzene rings is 2. The van der Waals surface area contributed by atoms with Crippen LogP contribution in [0, 0.1) is 23.1 Å². The van der Waals surface area contributed by atoms with Crippen LogP contribution in [0.1, 0.15) is 28.8 Å². The summed E-state index contributed by atoms with van der Waals surface area (Å²) in [7, 11) is -3.80. The highest BCUT2D eigenvalue weighted by molar-refractivity contribution is 7.89. The molecule has 0 saturated carbocycles. The Kier molecular flexibility index (Phi) is 6.83. The molecule has 0 aliphatic carbocycles. The Bertz CT molecular complexity index is 1290. The van der Waals surface area contributed by atoms with Crippen molar-refractivity contribution in [3.05, 3.63) is 76.5 Å². The summed E-state index contributed by atoms with van der Waals surface area (Å²) in [6, 6.07) is 14.3. The van der Waals surface area contributed by atoms with Crippen molar-refractivity contribution < 1.29 is 17.6 Å². The van der Waals surface area contributed by atoms with E-state index in [2.05, 4.69) is 10.3 Å². The number of piperidine rings is 1. The highest BCUT2D eigenvalue weighted by Crippen LogP contribution is 2.27. The summed E-state index contributed by atoms with van der Waals surface area (Å²) in [5.74, 6) is -0.802. The molecule has 0 atom stereocenters. The van der Waals surface area contributed by atoms with Crippen molar-refractivity contribution in [1.29, 1.82) is 5.26 Å². The van der Waals surface area contributed by atoms with Crippen LogP contribution in [0.25, 0.3) is 0 Å². The van der Waals surface area contributed by atoms with Crippen LogP contribution < -0.4 is 5.32 Å². The van der Waals surface area contributed by atoms with E-state index in [1.807, 2.05) is 6.07 Å². The van der Waals surface area contributed by atoms with Gasteiger partial charge in [-0.05, 0) is 42.7 Å². The van der Waals surface area contributed by atoms with E-state index in [-0.39, 0.29) is 41.2 Å². The second kappa shape index (κ2) is 9.79. The van der Waals surface area contributed by atoms with E-state index in [1.165, 1.54) is 39.9 Å². The maximum absolute atomic E-state index is 13.1. The van der Waals surface area contributed by atoms with Crippen LogP contribution in [0.3, 0.4) is 0 Å². The molecule has 0 spiro atoms. The summed E-state index contributed by atoms with van der Waals surface area (Å²) in [6.07, 6.45) is 3.04. The lowest BCUT2D eigenvalue weighted by molar-refractivity contribution is -0.120. The molecule has 1 fully saturated rings. The molecule has 1 aliphatic rings. The zero-order valence-electron chi connectivity index (χ0n) is 17.6. The number of nitrogens with one attached hydrogen (secondary N) is 1. The Morgan fingerprint density at radius 3 is 2.58 bits per heavy atom. The topological polar surface area (TPSA) is 103 Å². The van der Waals surface area contributed by atoms with Crippen molar-refractivity contribution in [2.24, 2.45) is 5.92 Å². The molecule has 4 rings (SSSR count). The van der Waals surface area contributed by atoms with Crippen molar-refractivity contribution in [1.82, 2.24) is 9.29 Å². The van der Waals surface area contributed by atoms with Gasteiger partial charge < -0.3 is 5.32 Å². The lowest BCUT2D eigenvalue weighted by Crippen LogP contribution is -2.41. The minimum Gasteiger partial charge on any atom is -0.302 e. The summed E-state index contributed by atoms with van der Waals surface area (Å²) < 4.78 is 40.3. The van der Waals surface area contributed by atoms with E-state index < -0.39 is 10.0 Å². The second-order valence-corrected chi connectivity index (χ2v) is 10.7. The van der Waals surface area contributed by atoms with Gasteiger partial charge in [-0.3, -0.25) is 4.79 Å². The fourth-order valence-corrected chi connectivity index (χ4v) is 6.20. The van der Waals surface area contributed by atoms with Gasteiger partial charge in [0.25, 0.3) is 0 Å². The molecule has 1 amide bonds. The first-order valence-corrected chi connectivity index (χ1v) is 12.6. The number of hydrogen-bond donors (Lipinski definition) is 1. The van der Waals surface area contributed by atoms with Crippen molar-refractivity contribution in [2.45, 2.75) is 24.2 Å². The average molecular weight is 485 g/mol. The predicted molar refractivity (Wildman–Crippen MR) is 123 cm³/mol. The number of nitrogens with zero attached hydrogens (tertiary/aromatic N) is 3. The van der Waals surface area contributed by atoms with Crippen LogP contribution in [-0.4, -0.2) is 36.7 Å². The number of sulfonamides is 1. The molecular weight excluding hydrogens is 463 g/mol. The van der Waals surface area contributed by atoms with Crippen molar-refractivity contribution in [3.8, 4) is 6.07 Å². The lowest BCUT2D eigenvalue weighted by atomic mass is 9.97. The molecule has 1 N–H and O–H groups in total. The van der Waals surface area contributed by atoms with Gasteiger partial charge in [-0.1, -0.05) is 24.3 Å². The summed E-state index contributed by atoms with van der Waals surface area (Å²) in [4.78, 5) is 17.9. The number of aromatic nitrogens is 1. The minimum absolute atomic E-state index is 0.00753. The fraction of sp³-hybridized carbons (Fsp3) is 0.261. The molecule has 10 heteroatoms. The van der Waals surface area contributed by atoms with Gasteiger partial charge in [0.1, 0.15) is 11.9 Å². The van der Waals surface area contributed by atoms with Gasteiger partial charge in [0.15, 0.2) is 5.13 Å². The van der Waals surface area contributed by atoms with E-state index in [0.717, 1.165) is 10.4 Å². The van der Waals surface area contributed by atoms with E-state index in [4.69, 9.17) is 0 Å². The summed E-state index contributed by atoms with van der Waals surface area (Å²) in [5.41, 5.74) is 1.06.